The maximum absolute atomic E-state index is 6.20. The number of nitrogens with one attached hydrogen (secondary N) is 2. The first-order valence-electron chi connectivity index (χ1n) is 9.85. The molecule has 0 spiro atoms. The summed E-state index contributed by atoms with van der Waals surface area (Å²) in [6, 6.07) is 8.26. The first kappa shape index (κ1) is 18.3. The molecule has 144 valence electrons. The van der Waals surface area contributed by atoms with Crippen molar-refractivity contribution in [3.05, 3.63) is 47.0 Å². The Labute approximate surface area is 165 Å². The van der Waals surface area contributed by atoms with E-state index in [9.17, 15) is 0 Å². The third kappa shape index (κ3) is 4.10. The fraction of sp³-hybridized carbons (Fsp3) is 0.550. The number of rotatable bonds is 5. The van der Waals surface area contributed by atoms with Crippen molar-refractivity contribution < 1.29 is 0 Å². The minimum atomic E-state index is 0.170. The predicted molar refractivity (Wildman–Crippen MR) is 108 cm³/mol. The molecule has 2 aliphatic rings. The van der Waals surface area contributed by atoms with E-state index in [-0.39, 0.29) is 5.41 Å². The Bertz CT molecular complexity index is 776. The molecule has 0 unspecified atom stereocenters. The molecular weight excluding hydrogens is 360 g/mol. The van der Waals surface area contributed by atoms with E-state index in [4.69, 9.17) is 16.6 Å². The van der Waals surface area contributed by atoms with Gasteiger partial charge in [0.1, 0.15) is 12.2 Å². The van der Waals surface area contributed by atoms with Gasteiger partial charge in [0.25, 0.3) is 0 Å². The fourth-order valence-electron chi connectivity index (χ4n) is 3.94. The number of benzene rings is 1. The Morgan fingerprint density at radius 2 is 2.19 bits per heavy atom. The van der Waals surface area contributed by atoms with Gasteiger partial charge in [-0.25, -0.2) is 4.98 Å². The highest BCUT2D eigenvalue weighted by molar-refractivity contribution is 6.30. The molecule has 0 atom stereocenters. The average molecular weight is 387 g/mol. The molecule has 1 aromatic heterocycles. The molecule has 4 rings (SSSR count). The van der Waals surface area contributed by atoms with Crippen molar-refractivity contribution >= 4 is 17.6 Å². The second kappa shape index (κ2) is 7.89. The quantitative estimate of drug-likeness (QED) is 0.610. The summed E-state index contributed by atoms with van der Waals surface area (Å²) in [7, 11) is 0. The van der Waals surface area contributed by atoms with Crippen molar-refractivity contribution in [1.29, 1.82) is 0 Å². The number of guanidine groups is 1. The van der Waals surface area contributed by atoms with Crippen molar-refractivity contribution in [3.63, 3.8) is 0 Å². The number of hydrogen-bond donors (Lipinski definition) is 2. The molecule has 27 heavy (non-hydrogen) atoms. The first-order valence-corrected chi connectivity index (χ1v) is 10.2. The number of H-pyrrole nitrogens is 1. The Balaban J connectivity index is 1.42. The van der Waals surface area contributed by atoms with E-state index >= 15 is 0 Å². The van der Waals surface area contributed by atoms with Crippen LogP contribution in [0.15, 0.2) is 35.6 Å². The Morgan fingerprint density at radius 3 is 2.81 bits per heavy atom. The number of hydrogen-bond acceptors (Lipinski definition) is 3. The number of halogens is 1. The van der Waals surface area contributed by atoms with E-state index in [0.717, 1.165) is 55.8 Å². The maximum Gasteiger partial charge on any atom is 0.193 e. The van der Waals surface area contributed by atoms with Gasteiger partial charge in [0.15, 0.2) is 5.96 Å². The number of likely N-dealkylation sites (tertiary alicyclic amines) is 1. The summed E-state index contributed by atoms with van der Waals surface area (Å²) in [5.41, 5.74) is 1.49. The van der Waals surface area contributed by atoms with Gasteiger partial charge in [-0.2, -0.15) is 5.10 Å². The Morgan fingerprint density at radius 1 is 1.37 bits per heavy atom. The highest BCUT2D eigenvalue weighted by Gasteiger charge is 2.44. The lowest BCUT2D eigenvalue weighted by Crippen LogP contribution is -2.45. The highest BCUT2D eigenvalue weighted by atomic mass is 35.5. The maximum atomic E-state index is 6.20. The van der Waals surface area contributed by atoms with Crippen LogP contribution in [0.2, 0.25) is 5.02 Å². The molecule has 2 N–H and O–H groups in total. The third-order valence-electron chi connectivity index (χ3n) is 5.77. The fourth-order valence-corrected chi connectivity index (χ4v) is 4.13. The molecule has 0 amide bonds. The van der Waals surface area contributed by atoms with Crippen molar-refractivity contribution in [2.75, 3.05) is 26.2 Å². The third-order valence-corrected chi connectivity index (χ3v) is 6.01. The summed E-state index contributed by atoms with van der Waals surface area (Å²) < 4.78 is 0. The van der Waals surface area contributed by atoms with Crippen LogP contribution in [-0.4, -0.2) is 52.2 Å². The van der Waals surface area contributed by atoms with Crippen LogP contribution in [0.5, 0.6) is 0 Å². The van der Waals surface area contributed by atoms with Gasteiger partial charge in [0, 0.05) is 36.0 Å². The van der Waals surface area contributed by atoms with Crippen LogP contribution in [0.3, 0.4) is 0 Å². The minimum Gasteiger partial charge on any atom is -0.357 e. The molecule has 1 aliphatic carbocycles. The first-order chi connectivity index (χ1) is 13.2. The topological polar surface area (TPSA) is 69.2 Å². The van der Waals surface area contributed by atoms with Gasteiger partial charge in [-0.3, -0.25) is 10.1 Å². The minimum absolute atomic E-state index is 0.170. The van der Waals surface area contributed by atoms with E-state index in [1.807, 2.05) is 12.1 Å². The summed E-state index contributed by atoms with van der Waals surface area (Å²) >= 11 is 6.20. The van der Waals surface area contributed by atoms with E-state index in [1.165, 1.54) is 18.4 Å². The van der Waals surface area contributed by atoms with E-state index in [2.05, 4.69) is 44.5 Å². The molecule has 2 fully saturated rings. The van der Waals surface area contributed by atoms with Crippen LogP contribution in [0, 0.1) is 0 Å². The second-order valence-electron chi connectivity index (χ2n) is 7.59. The predicted octanol–water partition coefficient (Wildman–Crippen LogP) is 3.33. The average Bonchev–Trinajstić information content (AvgIpc) is 3.28. The normalized spacial score (nSPS) is 19.9. The molecule has 1 aromatic carbocycles. The van der Waals surface area contributed by atoms with E-state index in [1.54, 1.807) is 6.33 Å². The summed E-state index contributed by atoms with van der Waals surface area (Å²) in [4.78, 5) is 11.7. The summed E-state index contributed by atoms with van der Waals surface area (Å²) in [6.07, 6.45) is 6.10. The van der Waals surface area contributed by atoms with Crippen LogP contribution in [-0.2, 0) is 5.41 Å². The molecule has 0 bridgehead atoms. The smallest absolute Gasteiger partial charge is 0.193 e. The Hall–Kier alpha value is -2.08. The molecule has 2 aromatic rings. The van der Waals surface area contributed by atoms with Crippen LogP contribution in [0.25, 0.3) is 0 Å². The largest absolute Gasteiger partial charge is 0.357 e. The molecular formula is C20H27ClN6. The number of aromatic nitrogens is 3. The monoisotopic (exact) mass is 386 g/mol. The molecule has 0 radical (unpaired) electrons. The zero-order valence-corrected chi connectivity index (χ0v) is 16.5. The van der Waals surface area contributed by atoms with Gasteiger partial charge in [-0.15, -0.1) is 0 Å². The highest BCUT2D eigenvalue weighted by Crippen LogP contribution is 2.48. The number of nitrogens with zero attached hydrogens (tertiary/aromatic N) is 4. The standard InChI is InChI=1S/C20H27ClN6/c1-2-22-19(27-10-6-15(7-11-27)18-24-14-25-26-18)23-13-20(8-9-20)16-4-3-5-17(21)12-16/h3-5,12,14-15H,2,6-11,13H2,1H3,(H,22,23)(H,24,25,26). The lowest BCUT2D eigenvalue weighted by atomic mass is 9.96. The van der Waals surface area contributed by atoms with Gasteiger partial charge >= 0.3 is 0 Å². The van der Waals surface area contributed by atoms with Gasteiger partial charge in [0.05, 0.1) is 6.54 Å². The van der Waals surface area contributed by atoms with Crippen molar-refractivity contribution in [2.24, 2.45) is 4.99 Å². The molecule has 6 nitrogen and oxygen atoms in total. The number of aliphatic imine (C=N–C) groups is 1. The molecule has 2 heterocycles. The molecule has 1 saturated heterocycles. The SMILES string of the molecule is CCNC(=NCC1(c2cccc(Cl)c2)CC1)N1CCC(c2ncn[nH]2)CC1. The van der Waals surface area contributed by atoms with Crippen molar-refractivity contribution in [3.8, 4) is 0 Å². The van der Waals surface area contributed by atoms with Crippen LogP contribution in [0.4, 0.5) is 0 Å². The van der Waals surface area contributed by atoms with E-state index < -0.39 is 0 Å². The van der Waals surface area contributed by atoms with Gasteiger partial charge in [-0.1, -0.05) is 23.7 Å². The van der Waals surface area contributed by atoms with Gasteiger partial charge in [-0.05, 0) is 50.3 Å². The van der Waals surface area contributed by atoms with Gasteiger partial charge in [0.2, 0.25) is 0 Å². The van der Waals surface area contributed by atoms with Crippen LogP contribution >= 0.6 is 11.6 Å². The van der Waals surface area contributed by atoms with Crippen molar-refractivity contribution in [2.45, 2.75) is 43.9 Å². The second-order valence-corrected chi connectivity index (χ2v) is 8.03. The lowest BCUT2D eigenvalue weighted by Gasteiger charge is -2.33. The molecule has 1 aliphatic heterocycles. The zero-order chi connectivity index (χ0) is 18.7. The zero-order valence-electron chi connectivity index (χ0n) is 15.8. The number of piperidine rings is 1. The lowest BCUT2D eigenvalue weighted by molar-refractivity contribution is 0.298. The van der Waals surface area contributed by atoms with Crippen molar-refractivity contribution in [1.82, 2.24) is 25.4 Å². The molecule has 1 saturated carbocycles. The van der Waals surface area contributed by atoms with Crippen LogP contribution < -0.4 is 5.32 Å². The molecule has 7 heteroatoms. The summed E-state index contributed by atoms with van der Waals surface area (Å²) in [6.45, 7) is 5.80. The summed E-state index contributed by atoms with van der Waals surface area (Å²) in [5.74, 6) is 2.50. The Kier molecular flexibility index (Phi) is 5.34. The van der Waals surface area contributed by atoms with Gasteiger partial charge < -0.3 is 10.2 Å². The van der Waals surface area contributed by atoms with E-state index in [0.29, 0.717) is 5.92 Å². The summed E-state index contributed by atoms with van der Waals surface area (Å²) in [5, 5.41) is 11.3. The van der Waals surface area contributed by atoms with Crippen LogP contribution in [0.1, 0.15) is 49.9 Å². The number of aromatic amines is 1.